The van der Waals surface area contributed by atoms with Gasteiger partial charge >= 0.3 is 22.4 Å². The van der Waals surface area contributed by atoms with Crippen molar-refractivity contribution in [2.45, 2.75) is 6.54 Å². The second kappa shape index (κ2) is 6.48. The molecule has 0 fully saturated rings. The van der Waals surface area contributed by atoms with E-state index in [4.69, 9.17) is 0 Å². The third-order valence-corrected chi connectivity index (χ3v) is 2.71. The van der Waals surface area contributed by atoms with Gasteiger partial charge in [0.05, 0.1) is 0 Å². The Bertz CT molecular complexity index is 620. The molecule has 3 rings (SSSR count). The topological polar surface area (TPSA) is 30.7 Å². The van der Waals surface area contributed by atoms with E-state index in [-0.39, 0.29) is 22.4 Å². The van der Waals surface area contributed by atoms with Gasteiger partial charge < -0.3 is 4.68 Å². The van der Waals surface area contributed by atoms with Crippen molar-refractivity contribution in [3.63, 3.8) is 0 Å². The third-order valence-electron chi connectivity index (χ3n) is 2.71. The molecule has 0 radical (unpaired) electrons. The smallest absolute Gasteiger partial charge is 0.334 e. The van der Waals surface area contributed by atoms with Gasteiger partial charge in [-0.2, -0.15) is 5.10 Å². The van der Waals surface area contributed by atoms with E-state index in [0.29, 0.717) is 6.54 Å². The van der Waals surface area contributed by atoms with Gasteiger partial charge in [0, 0.05) is 6.54 Å². The summed E-state index contributed by atoms with van der Waals surface area (Å²) in [6.45, 7) is 0.695. The first-order chi connectivity index (χ1) is 8.92. The van der Waals surface area contributed by atoms with Gasteiger partial charge in [0.2, 0.25) is 0 Å². The molecule has 0 N–H and O–H groups in total. The molecule has 2 aromatic carbocycles. The average molecular weight is 342 g/mol. The van der Waals surface area contributed by atoms with Crippen LogP contribution in [0.4, 0.5) is 0 Å². The van der Waals surface area contributed by atoms with Gasteiger partial charge in [0.15, 0.2) is 0 Å². The first-order valence-corrected chi connectivity index (χ1v) is 5.84. The van der Waals surface area contributed by atoms with Gasteiger partial charge in [0.25, 0.3) is 0 Å². The molecule has 0 saturated heterocycles. The van der Waals surface area contributed by atoms with E-state index in [1.54, 1.807) is 4.68 Å². The van der Waals surface area contributed by atoms with Crippen molar-refractivity contribution in [2.75, 3.05) is 0 Å². The molecule has 1 heterocycles. The molecule has 3 nitrogen and oxygen atoms in total. The number of aromatic nitrogens is 3. The van der Waals surface area contributed by atoms with Crippen LogP contribution in [-0.4, -0.2) is 15.0 Å². The Labute approximate surface area is 127 Å². The summed E-state index contributed by atoms with van der Waals surface area (Å²) in [6.07, 6.45) is 3.17. The molecule has 0 bridgehead atoms. The largest absolute Gasteiger partial charge is 1.00 e. The summed E-state index contributed by atoms with van der Waals surface area (Å²) in [7, 11) is 0. The van der Waals surface area contributed by atoms with Gasteiger partial charge in [0.1, 0.15) is 0 Å². The Morgan fingerprint density at radius 1 is 0.895 bits per heavy atom. The van der Waals surface area contributed by atoms with Crippen LogP contribution in [0.25, 0.3) is 11.3 Å². The SMILES string of the molecule is [Ag+].[c-]1c(-c2ccccc2)nnn1Cc1ccccc1. The van der Waals surface area contributed by atoms with Crippen molar-refractivity contribution >= 4 is 0 Å². The zero-order chi connectivity index (χ0) is 12.2. The molecule has 0 aliphatic heterocycles. The fraction of sp³-hybridized carbons (Fsp3) is 0.0667. The molecule has 0 aliphatic rings. The summed E-state index contributed by atoms with van der Waals surface area (Å²) < 4.78 is 1.73. The van der Waals surface area contributed by atoms with E-state index in [9.17, 15) is 0 Å². The van der Waals surface area contributed by atoms with Gasteiger partial charge in [-0.25, -0.2) is 0 Å². The van der Waals surface area contributed by atoms with Crippen LogP contribution in [0.3, 0.4) is 0 Å². The quantitative estimate of drug-likeness (QED) is 0.541. The predicted octanol–water partition coefficient (Wildman–Crippen LogP) is 2.79. The number of hydrogen-bond acceptors (Lipinski definition) is 2. The maximum Gasteiger partial charge on any atom is 1.00 e. The summed E-state index contributed by atoms with van der Waals surface area (Å²) >= 11 is 0. The molecule has 0 spiro atoms. The minimum absolute atomic E-state index is 0. The molecule has 0 amide bonds. The van der Waals surface area contributed by atoms with Crippen molar-refractivity contribution in [3.05, 3.63) is 72.4 Å². The molecule has 3 aromatic rings. The first kappa shape index (κ1) is 13.7. The summed E-state index contributed by atoms with van der Waals surface area (Å²) in [5.41, 5.74) is 3.02. The number of nitrogens with zero attached hydrogens (tertiary/aromatic N) is 3. The summed E-state index contributed by atoms with van der Waals surface area (Å²) in [4.78, 5) is 0. The van der Waals surface area contributed by atoms with Crippen LogP contribution < -0.4 is 0 Å². The average Bonchev–Trinajstić information content (AvgIpc) is 2.89. The normalized spacial score (nSPS) is 9.89. The molecule has 19 heavy (non-hydrogen) atoms. The zero-order valence-electron chi connectivity index (χ0n) is 10.1. The Hall–Kier alpha value is -1.68. The zero-order valence-corrected chi connectivity index (χ0v) is 11.6. The standard InChI is InChI=1S/C15H12N3.Ag/c1-3-7-13(8-4-1)11-18-12-15(16-17-18)14-9-5-2-6-10-14;/h1-10H,11H2;/q-1;+1. The Morgan fingerprint density at radius 2 is 1.53 bits per heavy atom. The van der Waals surface area contributed by atoms with Crippen LogP contribution in [-0.2, 0) is 28.9 Å². The van der Waals surface area contributed by atoms with Crippen LogP contribution in [0.1, 0.15) is 5.56 Å². The van der Waals surface area contributed by atoms with E-state index in [1.807, 2.05) is 48.5 Å². The molecule has 0 atom stereocenters. The summed E-state index contributed by atoms with van der Waals surface area (Å²) in [5, 5.41) is 8.24. The van der Waals surface area contributed by atoms with Gasteiger partial charge in [-0.3, -0.25) is 0 Å². The van der Waals surface area contributed by atoms with Crippen molar-refractivity contribution in [1.82, 2.24) is 15.0 Å². The minimum atomic E-state index is 0. The Morgan fingerprint density at radius 3 is 2.21 bits per heavy atom. The van der Waals surface area contributed by atoms with E-state index in [0.717, 1.165) is 11.3 Å². The second-order valence-corrected chi connectivity index (χ2v) is 4.06. The summed E-state index contributed by atoms with van der Waals surface area (Å²) in [5.74, 6) is 0. The molecule has 1 aromatic heterocycles. The second-order valence-electron chi connectivity index (χ2n) is 4.06. The molecule has 0 aliphatic carbocycles. The fourth-order valence-corrected chi connectivity index (χ4v) is 1.81. The van der Waals surface area contributed by atoms with E-state index < -0.39 is 0 Å². The monoisotopic (exact) mass is 341 g/mol. The van der Waals surface area contributed by atoms with Gasteiger partial charge in [-0.15, -0.1) is 23.9 Å². The molecule has 0 unspecified atom stereocenters. The third kappa shape index (κ3) is 3.41. The number of hydrogen-bond donors (Lipinski definition) is 0. The van der Waals surface area contributed by atoms with Crippen LogP contribution in [0.15, 0.2) is 60.7 Å². The van der Waals surface area contributed by atoms with Crippen LogP contribution >= 0.6 is 0 Å². The number of benzene rings is 2. The molecule has 98 valence electrons. The molecular formula is C15H12AgN3. The van der Waals surface area contributed by atoms with E-state index in [2.05, 4.69) is 28.6 Å². The predicted molar refractivity (Wildman–Crippen MR) is 69.8 cm³/mol. The van der Waals surface area contributed by atoms with Crippen molar-refractivity contribution in [3.8, 4) is 11.3 Å². The summed E-state index contributed by atoms with van der Waals surface area (Å²) in [6, 6.07) is 20.1. The van der Waals surface area contributed by atoms with E-state index >= 15 is 0 Å². The van der Waals surface area contributed by atoms with Gasteiger partial charge in [-0.05, 0) is 5.56 Å². The van der Waals surface area contributed by atoms with Crippen molar-refractivity contribution in [1.29, 1.82) is 0 Å². The first-order valence-electron chi connectivity index (χ1n) is 5.84. The Balaban J connectivity index is 0.00000133. The van der Waals surface area contributed by atoms with Crippen LogP contribution in [0.5, 0.6) is 0 Å². The molecule has 4 heteroatoms. The maximum absolute atomic E-state index is 4.14. The van der Waals surface area contributed by atoms with Crippen molar-refractivity contribution < 1.29 is 22.4 Å². The van der Waals surface area contributed by atoms with Gasteiger partial charge in [-0.1, -0.05) is 59.4 Å². The fourth-order valence-electron chi connectivity index (χ4n) is 1.81. The van der Waals surface area contributed by atoms with Crippen molar-refractivity contribution in [2.24, 2.45) is 0 Å². The van der Waals surface area contributed by atoms with E-state index in [1.165, 1.54) is 5.56 Å². The molecule has 0 saturated carbocycles. The van der Waals surface area contributed by atoms with Crippen LogP contribution in [0, 0.1) is 6.20 Å². The maximum atomic E-state index is 4.14. The Kier molecular flexibility index (Phi) is 4.69. The molecular weight excluding hydrogens is 330 g/mol. The van der Waals surface area contributed by atoms with Crippen LogP contribution in [0.2, 0.25) is 0 Å². The minimum Gasteiger partial charge on any atom is -0.334 e. The number of rotatable bonds is 3.